The zero-order valence-corrected chi connectivity index (χ0v) is 9.55. The molecule has 2 rings (SSSR count). The number of aryl methyl sites for hydroxylation is 1. The molecule has 1 saturated heterocycles. The van der Waals surface area contributed by atoms with Crippen LogP contribution < -0.4 is 4.90 Å². The Morgan fingerprint density at radius 2 is 2.35 bits per heavy atom. The van der Waals surface area contributed by atoms with Gasteiger partial charge in [-0.25, -0.2) is 4.98 Å². The molecule has 1 aromatic rings. The Bertz CT molecular complexity index is 487. The third kappa shape index (κ3) is 2.36. The van der Waals surface area contributed by atoms with Crippen molar-refractivity contribution in [2.75, 3.05) is 18.0 Å². The molecule has 1 aliphatic heterocycles. The molecule has 0 bridgehead atoms. The first-order chi connectivity index (χ1) is 8.10. The van der Waals surface area contributed by atoms with Crippen molar-refractivity contribution in [2.45, 2.75) is 13.3 Å². The predicted molar refractivity (Wildman–Crippen MR) is 61.6 cm³/mol. The van der Waals surface area contributed by atoms with Gasteiger partial charge in [-0.05, 0) is 19.1 Å². The fourth-order valence-corrected chi connectivity index (χ4v) is 1.99. The largest absolute Gasteiger partial charge is 0.481 e. The van der Waals surface area contributed by atoms with E-state index in [1.165, 1.54) is 0 Å². The topological polar surface area (TPSA) is 77.2 Å². The normalized spacial score (nSPS) is 15.2. The van der Waals surface area contributed by atoms with Crippen molar-refractivity contribution in [2.24, 2.45) is 5.92 Å². The third-order valence-electron chi connectivity index (χ3n) is 2.85. The van der Waals surface area contributed by atoms with E-state index in [9.17, 15) is 4.79 Å². The number of aromatic nitrogens is 1. The Balaban J connectivity index is 2.08. The second kappa shape index (κ2) is 4.42. The molecular formula is C12H13N3O2. The molecular weight excluding hydrogens is 218 g/mol. The van der Waals surface area contributed by atoms with Crippen molar-refractivity contribution in [3.63, 3.8) is 0 Å². The van der Waals surface area contributed by atoms with E-state index < -0.39 is 5.97 Å². The van der Waals surface area contributed by atoms with Gasteiger partial charge in [0.1, 0.15) is 11.9 Å². The molecule has 17 heavy (non-hydrogen) atoms. The molecule has 5 heteroatoms. The average molecular weight is 231 g/mol. The van der Waals surface area contributed by atoms with Crippen LogP contribution in [-0.2, 0) is 4.79 Å². The molecule has 0 spiro atoms. The molecule has 1 aliphatic rings. The summed E-state index contributed by atoms with van der Waals surface area (Å²) in [4.78, 5) is 16.8. The predicted octanol–water partition coefficient (Wildman–Crippen LogP) is 1.17. The monoisotopic (exact) mass is 231 g/mol. The summed E-state index contributed by atoms with van der Waals surface area (Å²) in [6.45, 7) is 3.20. The lowest BCUT2D eigenvalue weighted by Gasteiger charge is -2.39. The van der Waals surface area contributed by atoms with Gasteiger partial charge in [-0.2, -0.15) is 5.26 Å². The Morgan fingerprint density at radius 1 is 1.65 bits per heavy atom. The Hall–Kier alpha value is -2.09. The molecule has 1 aromatic heterocycles. The molecule has 0 radical (unpaired) electrons. The van der Waals surface area contributed by atoms with Gasteiger partial charge in [0.2, 0.25) is 0 Å². The SMILES string of the molecule is Cc1ccc(C#N)c(N2CC(CC(=O)O)C2)n1. The number of hydrogen-bond donors (Lipinski definition) is 1. The van der Waals surface area contributed by atoms with Gasteiger partial charge < -0.3 is 10.0 Å². The van der Waals surface area contributed by atoms with E-state index in [-0.39, 0.29) is 12.3 Å². The number of anilines is 1. The van der Waals surface area contributed by atoms with Gasteiger partial charge in [0.05, 0.1) is 12.0 Å². The molecule has 0 unspecified atom stereocenters. The Kier molecular flexibility index (Phi) is 2.96. The van der Waals surface area contributed by atoms with E-state index in [1.807, 2.05) is 11.8 Å². The van der Waals surface area contributed by atoms with Gasteiger partial charge in [-0.1, -0.05) is 0 Å². The van der Waals surface area contributed by atoms with E-state index in [2.05, 4.69) is 11.1 Å². The van der Waals surface area contributed by atoms with Crippen LogP contribution in [0.15, 0.2) is 12.1 Å². The molecule has 1 fully saturated rings. The Labute approximate surface area is 99.3 Å². The lowest BCUT2D eigenvalue weighted by molar-refractivity contribution is -0.138. The zero-order chi connectivity index (χ0) is 12.4. The third-order valence-corrected chi connectivity index (χ3v) is 2.85. The summed E-state index contributed by atoms with van der Waals surface area (Å²) < 4.78 is 0. The van der Waals surface area contributed by atoms with Crippen LogP contribution in [0.25, 0.3) is 0 Å². The van der Waals surface area contributed by atoms with Crippen LogP contribution in [0.2, 0.25) is 0 Å². The van der Waals surface area contributed by atoms with Crippen LogP contribution in [0.3, 0.4) is 0 Å². The number of rotatable bonds is 3. The highest BCUT2D eigenvalue weighted by Crippen LogP contribution is 2.27. The van der Waals surface area contributed by atoms with E-state index in [0.717, 1.165) is 5.69 Å². The molecule has 0 amide bonds. The molecule has 5 nitrogen and oxygen atoms in total. The van der Waals surface area contributed by atoms with Gasteiger partial charge in [0.25, 0.3) is 0 Å². The minimum absolute atomic E-state index is 0.168. The van der Waals surface area contributed by atoms with Crippen LogP contribution in [0.5, 0.6) is 0 Å². The number of carboxylic acid groups (broad SMARTS) is 1. The summed E-state index contributed by atoms with van der Waals surface area (Å²) in [5.74, 6) is 0.0721. The van der Waals surface area contributed by atoms with Crippen LogP contribution in [0.4, 0.5) is 5.82 Å². The number of aliphatic carboxylic acids is 1. The highest BCUT2D eigenvalue weighted by atomic mass is 16.4. The van der Waals surface area contributed by atoms with Crippen LogP contribution in [-0.4, -0.2) is 29.1 Å². The van der Waals surface area contributed by atoms with Gasteiger partial charge in [0.15, 0.2) is 0 Å². The van der Waals surface area contributed by atoms with Crippen molar-refractivity contribution in [1.82, 2.24) is 4.98 Å². The van der Waals surface area contributed by atoms with E-state index in [4.69, 9.17) is 10.4 Å². The van der Waals surface area contributed by atoms with E-state index in [1.54, 1.807) is 12.1 Å². The number of hydrogen-bond acceptors (Lipinski definition) is 4. The van der Waals surface area contributed by atoms with Gasteiger partial charge in [0, 0.05) is 24.7 Å². The quantitative estimate of drug-likeness (QED) is 0.845. The molecule has 2 heterocycles. The van der Waals surface area contributed by atoms with Crippen LogP contribution in [0, 0.1) is 24.2 Å². The second-order valence-electron chi connectivity index (χ2n) is 4.30. The molecule has 1 N–H and O–H groups in total. The zero-order valence-electron chi connectivity index (χ0n) is 9.55. The smallest absolute Gasteiger partial charge is 0.303 e. The molecule has 88 valence electrons. The molecule has 0 aliphatic carbocycles. The number of carboxylic acids is 1. The van der Waals surface area contributed by atoms with Crippen LogP contribution in [0.1, 0.15) is 17.7 Å². The lowest BCUT2D eigenvalue weighted by atomic mass is 9.96. The van der Waals surface area contributed by atoms with Crippen molar-refractivity contribution < 1.29 is 9.90 Å². The summed E-state index contributed by atoms with van der Waals surface area (Å²) in [7, 11) is 0. The fraction of sp³-hybridized carbons (Fsp3) is 0.417. The standard InChI is InChI=1S/C12H13N3O2/c1-8-2-3-10(5-13)12(14-8)15-6-9(7-15)4-11(16)17/h2-3,9H,4,6-7H2,1H3,(H,16,17). The van der Waals surface area contributed by atoms with Crippen molar-refractivity contribution in [3.8, 4) is 6.07 Å². The number of nitrogens with zero attached hydrogens (tertiary/aromatic N) is 3. The minimum Gasteiger partial charge on any atom is -0.481 e. The molecule has 0 saturated carbocycles. The van der Waals surface area contributed by atoms with Crippen molar-refractivity contribution in [1.29, 1.82) is 5.26 Å². The highest BCUT2D eigenvalue weighted by molar-refractivity contribution is 5.68. The molecule has 0 atom stereocenters. The average Bonchev–Trinajstić information content (AvgIpc) is 2.22. The van der Waals surface area contributed by atoms with Crippen molar-refractivity contribution in [3.05, 3.63) is 23.4 Å². The molecule has 0 aromatic carbocycles. The summed E-state index contributed by atoms with van der Waals surface area (Å²) in [5, 5.41) is 17.6. The van der Waals surface area contributed by atoms with Gasteiger partial charge in [-0.15, -0.1) is 0 Å². The van der Waals surface area contributed by atoms with Gasteiger partial charge in [-0.3, -0.25) is 4.79 Å². The maximum atomic E-state index is 10.5. The lowest BCUT2D eigenvalue weighted by Crippen LogP contribution is -2.48. The first-order valence-corrected chi connectivity index (χ1v) is 5.44. The van der Waals surface area contributed by atoms with Gasteiger partial charge >= 0.3 is 5.97 Å². The maximum Gasteiger partial charge on any atom is 0.303 e. The minimum atomic E-state index is -0.771. The van der Waals surface area contributed by atoms with E-state index in [0.29, 0.717) is 24.5 Å². The second-order valence-corrected chi connectivity index (χ2v) is 4.30. The number of nitriles is 1. The summed E-state index contributed by atoms with van der Waals surface area (Å²) in [6.07, 6.45) is 0.185. The maximum absolute atomic E-state index is 10.5. The fourth-order valence-electron chi connectivity index (χ4n) is 1.99. The Morgan fingerprint density at radius 3 is 2.94 bits per heavy atom. The first kappa shape index (κ1) is 11.4. The van der Waals surface area contributed by atoms with Crippen LogP contribution >= 0.6 is 0 Å². The first-order valence-electron chi connectivity index (χ1n) is 5.44. The number of carbonyl (C=O) groups is 1. The van der Waals surface area contributed by atoms with E-state index >= 15 is 0 Å². The summed E-state index contributed by atoms with van der Waals surface area (Å²) in [5.41, 5.74) is 1.41. The number of pyridine rings is 1. The summed E-state index contributed by atoms with van der Waals surface area (Å²) >= 11 is 0. The highest BCUT2D eigenvalue weighted by Gasteiger charge is 2.30. The summed E-state index contributed by atoms with van der Waals surface area (Å²) in [6, 6.07) is 5.66. The van der Waals surface area contributed by atoms with Crippen molar-refractivity contribution >= 4 is 11.8 Å².